The number of piperidine rings is 1. The summed E-state index contributed by atoms with van der Waals surface area (Å²) in [4.78, 5) is 15.2. The number of allylic oxidation sites excluding steroid dienone is 4. The number of aryl methyl sites for hydroxylation is 1. The highest BCUT2D eigenvalue weighted by Crippen LogP contribution is 2.45. The Balaban J connectivity index is 1.54. The highest BCUT2D eigenvalue weighted by Gasteiger charge is 2.45. The van der Waals surface area contributed by atoms with Crippen molar-refractivity contribution in [1.82, 2.24) is 9.47 Å². The first-order chi connectivity index (χ1) is 15.9. The monoisotopic (exact) mass is 446 g/mol. The minimum atomic E-state index is -0.451. The molecule has 1 spiro atoms. The standard InChI is InChI=1S/C28H34N2O3/c1-6-9-23-26(20(3)4)33-28(25-10-8-15-30(23)25)13-16-29(17-14-28)27(31)22-11-12-24(21(5)19-22)32-18-7-2/h6,8-12,15,19H,3,7,13-14,16-18H2,1-2,4-5H3. The second-order valence-electron chi connectivity index (χ2n) is 8.98. The molecule has 0 unspecified atom stereocenters. The number of amides is 1. The number of rotatable bonds is 6. The van der Waals surface area contributed by atoms with Crippen LogP contribution in [-0.2, 0) is 10.3 Å². The van der Waals surface area contributed by atoms with Crippen molar-refractivity contribution in [3.63, 3.8) is 0 Å². The van der Waals surface area contributed by atoms with Crippen molar-refractivity contribution in [3.05, 3.63) is 83.4 Å². The SMILES string of the molecule is C=C(C)C1=C(C=CC)n2cccc2C2(CCN(C(=O)c3ccc(OCCC)c(C)c3)CC2)O1. The minimum Gasteiger partial charge on any atom is -0.493 e. The summed E-state index contributed by atoms with van der Waals surface area (Å²) in [6.45, 7) is 14.2. The molecule has 5 nitrogen and oxygen atoms in total. The second-order valence-corrected chi connectivity index (χ2v) is 8.98. The van der Waals surface area contributed by atoms with Gasteiger partial charge in [-0.3, -0.25) is 4.79 Å². The molecule has 2 aromatic rings. The van der Waals surface area contributed by atoms with Crippen LogP contribution in [0.2, 0.25) is 0 Å². The third kappa shape index (κ3) is 4.24. The van der Waals surface area contributed by atoms with Crippen molar-refractivity contribution in [1.29, 1.82) is 0 Å². The molecule has 1 fully saturated rings. The van der Waals surface area contributed by atoms with Gasteiger partial charge in [-0.05, 0) is 74.7 Å². The van der Waals surface area contributed by atoms with E-state index in [1.165, 1.54) is 0 Å². The summed E-state index contributed by atoms with van der Waals surface area (Å²) in [5.41, 5.74) is 4.30. The fraction of sp³-hybridized carbons (Fsp3) is 0.393. The lowest BCUT2D eigenvalue weighted by atomic mass is 9.86. The van der Waals surface area contributed by atoms with Gasteiger partial charge in [0.2, 0.25) is 0 Å². The Labute approximate surface area is 197 Å². The van der Waals surface area contributed by atoms with Gasteiger partial charge in [0.05, 0.1) is 18.0 Å². The van der Waals surface area contributed by atoms with Gasteiger partial charge < -0.3 is 18.9 Å². The molecule has 1 amide bonds. The smallest absolute Gasteiger partial charge is 0.253 e. The molecule has 1 aromatic heterocycles. The van der Waals surface area contributed by atoms with Gasteiger partial charge in [-0.1, -0.05) is 19.6 Å². The molecule has 174 valence electrons. The molecule has 0 N–H and O–H groups in total. The van der Waals surface area contributed by atoms with Crippen LogP contribution in [0, 0.1) is 6.92 Å². The third-order valence-electron chi connectivity index (χ3n) is 6.46. The molecule has 0 aliphatic carbocycles. The molecule has 33 heavy (non-hydrogen) atoms. The van der Waals surface area contributed by atoms with Gasteiger partial charge in [-0.2, -0.15) is 0 Å². The molecule has 1 saturated heterocycles. The van der Waals surface area contributed by atoms with Gasteiger partial charge in [0.25, 0.3) is 5.91 Å². The maximum Gasteiger partial charge on any atom is 0.253 e. The predicted molar refractivity (Wildman–Crippen MR) is 132 cm³/mol. The van der Waals surface area contributed by atoms with E-state index in [0.717, 1.165) is 53.3 Å². The van der Waals surface area contributed by atoms with E-state index in [2.05, 4.69) is 42.5 Å². The molecular weight excluding hydrogens is 412 g/mol. The highest BCUT2D eigenvalue weighted by atomic mass is 16.5. The van der Waals surface area contributed by atoms with Crippen molar-refractivity contribution in [2.75, 3.05) is 19.7 Å². The number of nitrogens with zero attached hydrogens (tertiary/aromatic N) is 2. The van der Waals surface area contributed by atoms with E-state index in [1.807, 2.05) is 49.9 Å². The van der Waals surface area contributed by atoms with Crippen LogP contribution in [0.5, 0.6) is 5.75 Å². The fourth-order valence-electron chi connectivity index (χ4n) is 4.76. The van der Waals surface area contributed by atoms with E-state index in [0.29, 0.717) is 25.3 Å². The zero-order chi connectivity index (χ0) is 23.6. The highest BCUT2D eigenvalue weighted by molar-refractivity contribution is 5.94. The van der Waals surface area contributed by atoms with Crippen LogP contribution in [0.3, 0.4) is 0 Å². The van der Waals surface area contributed by atoms with Gasteiger partial charge >= 0.3 is 0 Å². The number of benzene rings is 1. The molecule has 3 heterocycles. The second kappa shape index (κ2) is 9.34. The van der Waals surface area contributed by atoms with E-state index in [4.69, 9.17) is 9.47 Å². The summed E-state index contributed by atoms with van der Waals surface area (Å²) in [5, 5.41) is 0. The molecule has 5 heteroatoms. The van der Waals surface area contributed by atoms with Crippen LogP contribution in [0.15, 0.2) is 66.6 Å². The number of aromatic nitrogens is 1. The van der Waals surface area contributed by atoms with Crippen molar-refractivity contribution in [3.8, 4) is 5.75 Å². The largest absolute Gasteiger partial charge is 0.493 e. The Morgan fingerprint density at radius 2 is 2.03 bits per heavy atom. The minimum absolute atomic E-state index is 0.0615. The Bertz CT molecular complexity index is 1110. The van der Waals surface area contributed by atoms with E-state index >= 15 is 0 Å². The van der Waals surface area contributed by atoms with E-state index in [1.54, 1.807) is 0 Å². The quantitative estimate of drug-likeness (QED) is 0.541. The number of fused-ring (bicyclic) bond motifs is 2. The number of carbonyl (C=O) groups is 1. The molecule has 0 bridgehead atoms. The summed E-state index contributed by atoms with van der Waals surface area (Å²) in [7, 11) is 0. The van der Waals surface area contributed by atoms with Gasteiger partial charge in [0.15, 0.2) is 5.60 Å². The van der Waals surface area contributed by atoms with Gasteiger partial charge in [-0.15, -0.1) is 0 Å². The zero-order valence-electron chi connectivity index (χ0n) is 20.2. The predicted octanol–water partition coefficient (Wildman–Crippen LogP) is 6.07. The van der Waals surface area contributed by atoms with E-state index < -0.39 is 5.60 Å². The Hall–Kier alpha value is -3.21. The molecule has 4 rings (SSSR count). The topological polar surface area (TPSA) is 43.7 Å². The van der Waals surface area contributed by atoms with E-state index in [-0.39, 0.29) is 5.91 Å². The Morgan fingerprint density at radius 1 is 1.27 bits per heavy atom. The molecule has 1 aromatic carbocycles. The summed E-state index contributed by atoms with van der Waals surface area (Å²) in [6.07, 6.45) is 8.60. The van der Waals surface area contributed by atoms with Crippen LogP contribution in [0.25, 0.3) is 5.70 Å². The average molecular weight is 447 g/mol. The van der Waals surface area contributed by atoms with Crippen molar-refractivity contribution in [2.24, 2.45) is 0 Å². The lowest BCUT2D eigenvalue weighted by Gasteiger charge is -2.45. The molecule has 2 aliphatic rings. The first-order valence-corrected chi connectivity index (χ1v) is 11.8. The van der Waals surface area contributed by atoms with Crippen LogP contribution >= 0.6 is 0 Å². The number of hydrogen-bond acceptors (Lipinski definition) is 3. The lowest BCUT2D eigenvalue weighted by Crippen LogP contribution is -2.48. The zero-order valence-corrected chi connectivity index (χ0v) is 20.2. The summed E-state index contributed by atoms with van der Waals surface area (Å²) < 4.78 is 14.7. The summed E-state index contributed by atoms with van der Waals surface area (Å²) in [6, 6.07) is 9.92. The average Bonchev–Trinajstić information content (AvgIpc) is 3.31. The maximum atomic E-state index is 13.3. The number of hydrogen-bond donors (Lipinski definition) is 0. The first kappa shape index (κ1) is 23.0. The molecular formula is C28H34N2O3. The maximum absolute atomic E-state index is 13.3. The van der Waals surface area contributed by atoms with Gasteiger partial charge in [0.1, 0.15) is 11.5 Å². The third-order valence-corrected chi connectivity index (χ3v) is 6.46. The molecule has 0 radical (unpaired) electrons. The lowest BCUT2D eigenvalue weighted by molar-refractivity contribution is -0.0535. The van der Waals surface area contributed by atoms with Gasteiger partial charge in [0, 0.05) is 37.7 Å². The number of carbonyl (C=O) groups excluding carboxylic acids is 1. The van der Waals surface area contributed by atoms with Crippen molar-refractivity contribution in [2.45, 2.75) is 52.6 Å². The summed E-state index contributed by atoms with van der Waals surface area (Å²) in [5.74, 6) is 1.74. The van der Waals surface area contributed by atoms with Crippen LogP contribution < -0.4 is 4.74 Å². The van der Waals surface area contributed by atoms with E-state index in [9.17, 15) is 4.79 Å². The van der Waals surface area contributed by atoms with Gasteiger partial charge in [-0.25, -0.2) is 0 Å². The molecule has 0 atom stereocenters. The molecule has 0 saturated carbocycles. The Kier molecular flexibility index (Phi) is 6.50. The van der Waals surface area contributed by atoms with Crippen molar-refractivity contribution >= 4 is 11.6 Å². The van der Waals surface area contributed by atoms with Crippen LogP contribution in [0.4, 0.5) is 0 Å². The summed E-state index contributed by atoms with van der Waals surface area (Å²) >= 11 is 0. The van der Waals surface area contributed by atoms with Crippen LogP contribution in [0.1, 0.15) is 61.6 Å². The fourth-order valence-corrected chi connectivity index (χ4v) is 4.76. The van der Waals surface area contributed by atoms with Crippen LogP contribution in [-0.4, -0.2) is 35.1 Å². The molecule has 2 aliphatic heterocycles. The Morgan fingerprint density at radius 3 is 2.67 bits per heavy atom. The number of likely N-dealkylation sites (tertiary alicyclic amines) is 1. The number of ether oxygens (including phenoxy) is 2. The first-order valence-electron chi connectivity index (χ1n) is 11.8. The van der Waals surface area contributed by atoms with Crippen molar-refractivity contribution < 1.29 is 14.3 Å². The normalized spacial score (nSPS) is 17.3.